The van der Waals surface area contributed by atoms with Crippen molar-refractivity contribution in [2.45, 2.75) is 0 Å². The molecule has 0 aromatic heterocycles. The van der Waals surface area contributed by atoms with Crippen molar-refractivity contribution in [2.24, 2.45) is 0 Å². The summed E-state index contributed by atoms with van der Waals surface area (Å²) in [6.45, 7) is 0.478. The lowest BCUT2D eigenvalue weighted by atomic mass is 10.1. The fourth-order valence-corrected chi connectivity index (χ4v) is 2.24. The number of nitrogen functional groups attached to an aromatic ring is 2. The first-order valence-electron chi connectivity index (χ1n) is 7.85. The third-order valence-corrected chi connectivity index (χ3v) is 3.60. The molecule has 4 N–H and O–H groups in total. The molecule has 0 aliphatic rings. The minimum absolute atomic E-state index is 0.0376. The molecule has 5 nitrogen and oxygen atoms in total. The normalized spacial score (nSPS) is 11.0. The van der Waals surface area contributed by atoms with E-state index in [1.165, 1.54) is 12.1 Å². The lowest BCUT2D eigenvalue weighted by molar-refractivity contribution is 0.195. The summed E-state index contributed by atoms with van der Waals surface area (Å²) in [5.41, 5.74) is 12.3. The van der Waals surface area contributed by atoms with Crippen molar-refractivity contribution in [1.29, 1.82) is 10.5 Å². The largest absolute Gasteiger partial charge is 0.396 e. The Labute approximate surface area is 155 Å². The van der Waals surface area contributed by atoms with Crippen LogP contribution in [-0.2, 0) is 4.74 Å². The van der Waals surface area contributed by atoms with Crippen LogP contribution in [-0.4, -0.2) is 13.2 Å². The fourth-order valence-electron chi connectivity index (χ4n) is 2.24. The average molecular weight is 366 g/mol. The molecule has 2 rings (SSSR count). The van der Waals surface area contributed by atoms with Crippen molar-refractivity contribution in [2.75, 3.05) is 24.7 Å². The van der Waals surface area contributed by atoms with E-state index >= 15 is 0 Å². The molecule has 0 unspecified atom stereocenters. The van der Waals surface area contributed by atoms with Crippen molar-refractivity contribution in [3.05, 3.63) is 70.3 Å². The summed E-state index contributed by atoms with van der Waals surface area (Å²) in [7, 11) is 0. The molecule has 2 aromatic rings. The Balaban J connectivity index is 1.92. The third-order valence-electron chi connectivity index (χ3n) is 3.60. The molecule has 2 aromatic carbocycles. The van der Waals surface area contributed by atoms with E-state index in [-0.39, 0.29) is 35.7 Å². The molecule has 27 heavy (non-hydrogen) atoms. The molecule has 0 fully saturated rings. The van der Waals surface area contributed by atoms with Crippen LogP contribution in [0, 0.1) is 34.3 Å². The predicted molar refractivity (Wildman–Crippen MR) is 99.9 cm³/mol. The van der Waals surface area contributed by atoms with Crippen LogP contribution in [0.2, 0.25) is 0 Å². The van der Waals surface area contributed by atoms with Crippen LogP contribution < -0.4 is 11.5 Å². The van der Waals surface area contributed by atoms with Gasteiger partial charge in [0.2, 0.25) is 0 Å². The Hall–Kier alpha value is -3.68. The summed E-state index contributed by atoms with van der Waals surface area (Å²) in [5.74, 6) is -1.27. The average Bonchev–Trinajstić information content (AvgIpc) is 2.65. The number of rotatable bonds is 6. The van der Waals surface area contributed by atoms with Crippen LogP contribution in [0.15, 0.2) is 36.4 Å². The molecule has 0 saturated carbocycles. The van der Waals surface area contributed by atoms with Gasteiger partial charge in [-0.3, -0.25) is 0 Å². The van der Waals surface area contributed by atoms with Gasteiger partial charge in [0.15, 0.2) is 0 Å². The van der Waals surface area contributed by atoms with Crippen LogP contribution >= 0.6 is 0 Å². The molecular weight excluding hydrogens is 350 g/mol. The summed E-state index contributed by atoms with van der Waals surface area (Å²) in [6, 6.07) is 8.73. The minimum Gasteiger partial charge on any atom is -0.396 e. The summed E-state index contributed by atoms with van der Waals surface area (Å²) in [6.07, 6.45) is 6.56. The van der Waals surface area contributed by atoms with Gasteiger partial charge in [-0.15, -0.1) is 0 Å². The lowest BCUT2D eigenvalue weighted by Gasteiger charge is -2.03. The molecule has 0 atom stereocenters. The maximum Gasteiger partial charge on any atom is 0.147 e. The van der Waals surface area contributed by atoms with E-state index in [4.69, 9.17) is 26.7 Å². The second-order valence-electron chi connectivity index (χ2n) is 5.49. The molecule has 0 bridgehead atoms. The third kappa shape index (κ3) is 5.15. The maximum atomic E-state index is 13.3. The first-order chi connectivity index (χ1) is 13.0. The van der Waals surface area contributed by atoms with Gasteiger partial charge < -0.3 is 16.2 Å². The van der Waals surface area contributed by atoms with Gasteiger partial charge in [0.1, 0.15) is 11.6 Å². The summed E-state index contributed by atoms with van der Waals surface area (Å²) in [4.78, 5) is 0. The first-order valence-corrected chi connectivity index (χ1v) is 7.85. The van der Waals surface area contributed by atoms with E-state index < -0.39 is 11.6 Å². The van der Waals surface area contributed by atoms with Crippen LogP contribution in [0.25, 0.3) is 12.2 Å². The van der Waals surface area contributed by atoms with Crippen LogP contribution in [0.4, 0.5) is 20.2 Å². The van der Waals surface area contributed by atoms with Crippen LogP contribution in [0.5, 0.6) is 0 Å². The van der Waals surface area contributed by atoms with Crippen molar-refractivity contribution < 1.29 is 13.5 Å². The van der Waals surface area contributed by atoms with E-state index in [1.807, 2.05) is 12.1 Å². The molecular formula is C20H16F2N4O. The number of hydrogen-bond donors (Lipinski definition) is 2. The van der Waals surface area contributed by atoms with Gasteiger partial charge in [-0.25, -0.2) is 8.78 Å². The molecule has 0 aliphatic heterocycles. The highest BCUT2D eigenvalue weighted by molar-refractivity contribution is 5.64. The Morgan fingerprint density at radius 2 is 1.22 bits per heavy atom. The second-order valence-corrected chi connectivity index (χ2v) is 5.49. The number of halogens is 2. The number of nitrogens with two attached hydrogens (primary N) is 2. The minimum atomic E-state index is -0.636. The molecule has 0 radical (unpaired) electrons. The molecule has 0 spiro atoms. The summed E-state index contributed by atoms with van der Waals surface area (Å²) >= 11 is 0. The van der Waals surface area contributed by atoms with Crippen molar-refractivity contribution >= 4 is 23.5 Å². The lowest BCUT2D eigenvalue weighted by Crippen LogP contribution is -1.95. The molecule has 0 aliphatic carbocycles. The zero-order valence-electron chi connectivity index (χ0n) is 14.2. The van der Waals surface area contributed by atoms with E-state index in [2.05, 4.69) is 0 Å². The van der Waals surface area contributed by atoms with Crippen molar-refractivity contribution in [3.63, 3.8) is 0 Å². The van der Waals surface area contributed by atoms with E-state index in [1.54, 1.807) is 24.3 Å². The van der Waals surface area contributed by atoms with Gasteiger partial charge in [-0.1, -0.05) is 24.3 Å². The van der Waals surface area contributed by atoms with Gasteiger partial charge in [0, 0.05) is 0 Å². The van der Waals surface area contributed by atoms with Gasteiger partial charge in [0.05, 0.1) is 47.9 Å². The van der Waals surface area contributed by atoms with E-state index in [9.17, 15) is 8.78 Å². The van der Waals surface area contributed by atoms with Crippen molar-refractivity contribution in [3.8, 4) is 12.1 Å². The number of ether oxygens (including phenoxy) is 1. The van der Waals surface area contributed by atoms with Gasteiger partial charge in [-0.2, -0.15) is 10.5 Å². The monoisotopic (exact) mass is 366 g/mol. The number of nitriles is 2. The fraction of sp³-hybridized carbons (Fsp3) is 0.100. The Morgan fingerprint density at radius 3 is 1.59 bits per heavy atom. The number of nitrogens with zero attached hydrogens (tertiary/aromatic N) is 2. The second kappa shape index (κ2) is 9.14. The van der Waals surface area contributed by atoms with Crippen molar-refractivity contribution in [1.82, 2.24) is 0 Å². The van der Waals surface area contributed by atoms with Gasteiger partial charge in [-0.05, 0) is 35.4 Å². The quantitative estimate of drug-likeness (QED) is 0.599. The maximum absolute atomic E-state index is 13.3. The number of hydrogen-bond acceptors (Lipinski definition) is 5. The van der Waals surface area contributed by atoms with Crippen LogP contribution in [0.3, 0.4) is 0 Å². The zero-order valence-corrected chi connectivity index (χ0v) is 14.2. The smallest absolute Gasteiger partial charge is 0.147 e. The Kier molecular flexibility index (Phi) is 6.65. The molecule has 0 heterocycles. The highest BCUT2D eigenvalue weighted by Crippen LogP contribution is 2.19. The van der Waals surface area contributed by atoms with E-state index in [0.717, 1.165) is 12.1 Å². The standard InChI is InChI=1S/C20H16F2N4O/c21-17-7-15(11-23)13(9-19(17)25)3-1-5-27-6-2-4-14-10-20(26)18(22)8-16(14)12-24/h1-4,7-10H,5-6,25-26H2. The van der Waals surface area contributed by atoms with Crippen LogP contribution in [0.1, 0.15) is 22.3 Å². The molecule has 7 heteroatoms. The first kappa shape index (κ1) is 19.6. The molecule has 0 saturated heterocycles. The molecule has 0 amide bonds. The van der Waals surface area contributed by atoms with Gasteiger partial charge in [0.25, 0.3) is 0 Å². The topological polar surface area (TPSA) is 109 Å². The SMILES string of the molecule is N#Cc1cc(F)c(N)cc1C=CCOCC=Cc1cc(N)c(F)cc1C#N. The van der Waals surface area contributed by atoms with Gasteiger partial charge >= 0.3 is 0 Å². The Bertz CT molecular complexity index is 905. The highest BCUT2D eigenvalue weighted by atomic mass is 19.1. The molecule has 136 valence electrons. The summed E-state index contributed by atoms with van der Waals surface area (Å²) < 4.78 is 32.0. The number of benzene rings is 2. The highest BCUT2D eigenvalue weighted by Gasteiger charge is 2.06. The zero-order chi connectivity index (χ0) is 19.8. The predicted octanol–water partition coefficient (Wildman–Crippen LogP) is 3.62. The Morgan fingerprint density at radius 1 is 0.815 bits per heavy atom. The van der Waals surface area contributed by atoms with E-state index in [0.29, 0.717) is 11.1 Å². The summed E-state index contributed by atoms with van der Waals surface area (Å²) in [5, 5.41) is 18.0. The number of anilines is 2.